The Kier molecular flexibility index (Phi) is 5.15. The fourth-order valence-electron chi connectivity index (χ4n) is 2.70. The van der Waals surface area contributed by atoms with Gasteiger partial charge in [-0.15, -0.1) is 0 Å². The minimum atomic E-state index is -0.583. The summed E-state index contributed by atoms with van der Waals surface area (Å²) < 4.78 is 6.34. The molecule has 0 atom stereocenters. The zero-order valence-electron chi connectivity index (χ0n) is 14.7. The molecule has 1 N–H and O–H groups in total. The normalized spacial score (nSPS) is 11.0. The summed E-state index contributed by atoms with van der Waals surface area (Å²) in [5, 5.41) is 20.6. The van der Waals surface area contributed by atoms with E-state index in [1.807, 2.05) is 13.0 Å². The van der Waals surface area contributed by atoms with Gasteiger partial charge in [0.15, 0.2) is 0 Å². The Morgan fingerprint density at radius 3 is 2.74 bits per heavy atom. The summed E-state index contributed by atoms with van der Waals surface area (Å²) >= 11 is 6.11. The smallest absolute Gasteiger partial charge is 0.271 e. The molecule has 0 aliphatic heterocycles. The summed E-state index contributed by atoms with van der Waals surface area (Å²) in [7, 11) is 0. The largest absolute Gasteiger partial charge is 0.494 e. The molecule has 0 radical (unpaired) electrons. The second-order valence-electron chi connectivity index (χ2n) is 5.96. The van der Waals surface area contributed by atoms with Crippen LogP contribution >= 0.6 is 11.6 Å². The highest BCUT2D eigenvalue weighted by atomic mass is 35.5. The van der Waals surface area contributed by atoms with Crippen LogP contribution in [-0.2, 0) is 6.54 Å². The van der Waals surface area contributed by atoms with Gasteiger partial charge in [-0.2, -0.15) is 5.26 Å². The van der Waals surface area contributed by atoms with Crippen molar-refractivity contribution < 1.29 is 9.52 Å². The van der Waals surface area contributed by atoms with Crippen LogP contribution in [0.15, 0.2) is 50.8 Å². The molecule has 3 rings (SSSR count). The van der Waals surface area contributed by atoms with Gasteiger partial charge in [-0.05, 0) is 49.2 Å². The van der Waals surface area contributed by atoms with E-state index >= 15 is 0 Å². The van der Waals surface area contributed by atoms with Gasteiger partial charge in [0.05, 0.1) is 24.1 Å². The van der Waals surface area contributed by atoms with E-state index in [0.717, 1.165) is 10.1 Å². The van der Waals surface area contributed by atoms with Crippen LogP contribution < -0.4 is 5.56 Å². The summed E-state index contributed by atoms with van der Waals surface area (Å²) in [6, 6.07) is 10.6. The quantitative estimate of drug-likeness (QED) is 0.689. The van der Waals surface area contributed by atoms with E-state index in [0.29, 0.717) is 22.0 Å². The number of pyridine rings is 1. The highest BCUT2D eigenvalue weighted by Crippen LogP contribution is 2.27. The van der Waals surface area contributed by atoms with Crippen LogP contribution in [0.3, 0.4) is 0 Å². The second-order valence-corrected chi connectivity index (χ2v) is 6.37. The maximum absolute atomic E-state index is 12.6. The fourth-order valence-corrected chi connectivity index (χ4v) is 2.87. The lowest BCUT2D eigenvalue weighted by atomic mass is 10.1. The highest BCUT2D eigenvalue weighted by molar-refractivity contribution is 6.31. The number of hydrogen-bond donors (Lipinski definition) is 1. The average molecular weight is 382 g/mol. The molecule has 0 fully saturated rings. The first-order valence-corrected chi connectivity index (χ1v) is 8.49. The molecular formula is C20H16ClN3O3. The zero-order chi connectivity index (χ0) is 19.6. The number of aliphatic imine (C=N–C) groups is 1. The Balaban J connectivity index is 2.15. The highest BCUT2D eigenvalue weighted by Gasteiger charge is 2.19. The van der Waals surface area contributed by atoms with Gasteiger partial charge in [0.2, 0.25) is 5.88 Å². The van der Waals surface area contributed by atoms with E-state index in [4.69, 9.17) is 16.0 Å². The lowest BCUT2D eigenvalue weighted by Gasteiger charge is -2.13. The molecule has 136 valence electrons. The number of halogens is 1. The standard InChI is InChI=1S/C20H16ClN3O3/c1-12-15(9-22)19(25)24(11-14-5-4-8-27-14)20(26)16(12)10-23-18-7-3-6-17(21)13(18)2/h3-8,10,26H,11H2,1-2H3. The van der Waals surface area contributed by atoms with Crippen molar-refractivity contribution in [3.63, 3.8) is 0 Å². The topological polar surface area (TPSA) is 91.5 Å². The number of aromatic hydroxyl groups is 1. The van der Waals surface area contributed by atoms with Crippen LogP contribution in [0.1, 0.15) is 28.0 Å². The van der Waals surface area contributed by atoms with Crippen molar-refractivity contribution in [1.29, 1.82) is 5.26 Å². The summed E-state index contributed by atoms with van der Waals surface area (Å²) in [5.41, 5.74) is 1.43. The number of nitrogens with zero attached hydrogens (tertiary/aromatic N) is 3. The number of nitriles is 1. The van der Waals surface area contributed by atoms with Gasteiger partial charge < -0.3 is 9.52 Å². The van der Waals surface area contributed by atoms with Crippen molar-refractivity contribution in [3.8, 4) is 11.9 Å². The first-order chi connectivity index (χ1) is 12.9. The van der Waals surface area contributed by atoms with E-state index in [1.54, 1.807) is 37.3 Å². The van der Waals surface area contributed by atoms with Gasteiger partial charge in [0.1, 0.15) is 17.4 Å². The van der Waals surface area contributed by atoms with Gasteiger partial charge in [0.25, 0.3) is 5.56 Å². The minimum Gasteiger partial charge on any atom is -0.494 e. The second kappa shape index (κ2) is 7.52. The number of furan rings is 1. The third kappa shape index (κ3) is 3.50. The monoisotopic (exact) mass is 381 g/mol. The molecule has 0 bridgehead atoms. The maximum atomic E-state index is 12.6. The van der Waals surface area contributed by atoms with Crippen LogP contribution in [-0.4, -0.2) is 15.9 Å². The molecule has 6 nitrogen and oxygen atoms in total. The van der Waals surface area contributed by atoms with Gasteiger partial charge in [0, 0.05) is 11.2 Å². The van der Waals surface area contributed by atoms with E-state index in [9.17, 15) is 15.2 Å². The number of rotatable bonds is 4. The Morgan fingerprint density at radius 2 is 2.07 bits per heavy atom. The molecule has 1 aromatic carbocycles. The molecular weight excluding hydrogens is 366 g/mol. The van der Waals surface area contributed by atoms with Crippen LogP contribution in [0.4, 0.5) is 5.69 Å². The van der Waals surface area contributed by atoms with Crippen molar-refractivity contribution in [2.45, 2.75) is 20.4 Å². The van der Waals surface area contributed by atoms with Crippen LogP contribution in [0.2, 0.25) is 5.02 Å². The predicted molar refractivity (Wildman–Crippen MR) is 103 cm³/mol. The average Bonchev–Trinajstić information content (AvgIpc) is 3.15. The van der Waals surface area contributed by atoms with Gasteiger partial charge in [-0.1, -0.05) is 17.7 Å². The van der Waals surface area contributed by atoms with E-state index < -0.39 is 5.56 Å². The third-order valence-electron chi connectivity index (χ3n) is 4.31. The molecule has 0 amide bonds. The molecule has 2 heterocycles. The first-order valence-electron chi connectivity index (χ1n) is 8.12. The zero-order valence-corrected chi connectivity index (χ0v) is 15.5. The summed E-state index contributed by atoms with van der Waals surface area (Å²) in [6.45, 7) is 3.44. The fraction of sp³-hybridized carbons (Fsp3) is 0.150. The molecule has 2 aromatic heterocycles. The Morgan fingerprint density at radius 1 is 1.30 bits per heavy atom. The van der Waals surface area contributed by atoms with Crippen LogP contribution in [0.5, 0.6) is 5.88 Å². The lowest BCUT2D eigenvalue weighted by molar-refractivity contribution is 0.397. The molecule has 0 unspecified atom stereocenters. The number of benzene rings is 1. The molecule has 0 aliphatic carbocycles. The van der Waals surface area contributed by atoms with Crippen LogP contribution in [0.25, 0.3) is 0 Å². The van der Waals surface area contributed by atoms with Crippen molar-refractivity contribution in [2.75, 3.05) is 0 Å². The first kappa shape index (κ1) is 18.5. The molecule has 27 heavy (non-hydrogen) atoms. The summed E-state index contributed by atoms with van der Waals surface area (Å²) in [4.78, 5) is 17.0. The van der Waals surface area contributed by atoms with Crippen LogP contribution in [0, 0.1) is 25.2 Å². The van der Waals surface area contributed by atoms with Gasteiger partial charge >= 0.3 is 0 Å². The molecule has 0 spiro atoms. The molecule has 0 saturated heterocycles. The number of hydrogen-bond acceptors (Lipinski definition) is 5. The Hall–Kier alpha value is -3.30. The third-order valence-corrected chi connectivity index (χ3v) is 4.72. The van der Waals surface area contributed by atoms with E-state index in [2.05, 4.69) is 4.99 Å². The van der Waals surface area contributed by atoms with Gasteiger partial charge in [-0.3, -0.25) is 14.4 Å². The van der Waals surface area contributed by atoms with E-state index in [1.165, 1.54) is 12.5 Å². The molecule has 0 aliphatic rings. The predicted octanol–water partition coefficient (Wildman–Crippen LogP) is 4.09. The summed E-state index contributed by atoms with van der Waals surface area (Å²) in [6.07, 6.45) is 2.91. The van der Waals surface area contributed by atoms with Crippen molar-refractivity contribution in [2.24, 2.45) is 4.99 Å². The molecule has 7 heteroatoms. The SMILES string of the molecule is Cc1c(Cl)cccc1N=Cc1c(C)c(C#N)c(=O)n(Cc2ccco2)c1O. The molecule has 0 saturated carbocycles. The summed E-state index contributed by atoms with van der Waals surface area (Å²) in [5.74, 6) is 0.199. The van der Waals surface area contributed by atoms with Crippen molar-refractivity contribution >= 4 is 23.5 Å². The minimum absolute atomic E-state index is 0.00363. The lowest BCUT2D eigenvalue weighted by Crippen LogP contribution is -2.25. The maximum Gasteiger partial charge on any atom is 0.271 e. The van der Waals surface area contributed by atoms with Crippen molar-refractivity contribution in [1.82, 2.24) is 4.57 Å². The Labute approximate surface area is 160 Å². The Bertz CT molecular complexity index is 1120. The van der Waals surface area contributed by atoms with Crippen molar-refractivity contribution in [3.05, 3.63) is 80.0 Å². The number of aromatic nitrogens is 1. The van der Waals surface area contributed by atoms with Gasteiger partial charge in [-0.25, -0.2) is 0 Å². The molecule has 3 aromatic rings. The van der Waals surface area contributed by atoms with E-state index in [-0.39, 0.29) is 23.6 Å².